The molecule has 5 nitrogen and oxygen atoms in total. The van der Waals surface area contributed by atoms with Crippen LogP contribution >= 0.6 is 11.6 Å². The lowest BCUT2D eigenvalue weighted by Crippen LogP contribution is -2.53. The van der Waals surface area contributed by atoms with Crippen molar-refractivity contribution in [3.8, 4) is 0 Å². The van der Waals surface area contributed by atoms with Crippen molar-refractivity contribution in [2.45, 2.75) is 81.7 Å². The van der Waals surface area contributed by atoms with Gasteiger partial charge in [-0.2, -0.15) is 0 Å². The largest absolute Gasteiger partial charge is 0.394 e. The van der Waals surface area contributed by atoms with Gasteiger partial charge in [0.1, 0.15) is 24.4 Å². The smallest absolute Gasteiger partial charge is 0.197 e. The molecule has 34 heavy (non-hydrogen) atoms. The predicted molar refractivity (Wildman–Crippen MR) is 130 cm³/mol. The first-order valence-electron chi connectivity index (χ1n) is 12.4. The van der Waals surface area contributed by atoms with Crippen LogP contribution < -0.4 is 0 Å². The molecule has 5 unspecified atom stereocenters. The molecule has 3 N–H and O–H groups in total. The van der Waals surface area contributed by atoms with Crippen molar-refractivity contribution in [2.24, 2.45) is 5.41 Å². The van der Waals surface area contributed by atoms with E-state index in [2.05, 4.69) is 24.3 Å². The van der Waals surface area contributed by atoms with Crippen LogP contribution in [0.1, 0.15) is 79.2 Å². The summed E-state index contributed by atoms with van der Waals surface area (Å²) in [6.07, 6.45) is 5.06. The van der Waals surface area contributed by atoms with Gasteiger partial charge < -0.3 is 20.1 Å². The number of halogens is 1. The van der Waals surface area contributed by atoms with Crippen LogP contribution in [0, 0.1) is 5.41 Å². The minimum Gasteiger partial charge on any atom is -0.394 e. The molecule has 1 spiro atoms. The highest BCUT2D eigenvalue weighted by Crippen LogP contribution is 2.55. The van der Waals surface area contributed by atoms with E-state index in [0.717, 1.165) is 11.1 Å². The molecule has 0 bridgehead atoms. The molecule has 6 heteroatoms. The molecule has 5 atom stereocenters. The van der Waals surface area contributed by atoms with E-state index in [1.165, 1.54) is 50.5 Å². The van der Waals surface area contributed by atoms with E-state index in [-0.39, 0.29) is 0 Å². The summed E-state index contributed by atoms with van der Waals surface area (Å²) in [5.74, 6) is 0.0428. The Morgan fingerprint density at radius 2 is 1.71 bits per heavy atom. The maximum atomic E-state index is 12.6. The Labute approximate surface area is 205 Å². The van der Waals surface area contributed by atoms with Crippen LogP contribution in [0.4, 0.5) is 0 Å². The first-order chi connectivity index (χ1) is 16.4. The van der Waals surface area contributed by atoms with E-state index in [0.29, 0.717) is 28.3 Å². The van der Waals surface area contributed by atoms with Crippen molar-refractivity contribution in [2.75, 3.05) is 6.61 Å². The van der Waals surface area contributed by atoms with Crippen LogP contribution in [0.2, 0.25) is 5.02 Å². The van der Waals surface area contributed by atoms with Gasteiger partial charge in [-0.05, 0) is 78.2 Å². The quantitative estimate of drug-likeness (QED) is 0.582. The lowest BCUT2D eigenvalue weighted by atomic mass is 9.82. The Morgan fingerprint density at radius 3 is 2.41 bits per heavy atom. The molecule has 2 aromatic rings. The molecule has 3 fully saturated rings. The molecule has 2 saturated carbocycles. The normalized spacial score (nSPS) is 30.8. The second-order valence-electron chi connectivity index (χ2n) is 10.5. The predicted octanol–water partition coefficient (Wildman–Crippen LogP) is 4.48. The summed E-state index contributed by atoms with van der Waals surface area (Å²) in [7, 11) is 0. The molecule has 2 aromatic carbocycles. The van der Waals surface area contributed by atoms with E-state index < -0.39 is 36.8 Å². The van der Waals surface area contributed by atoms with Crippen molar-refractivity contribution >= 4 is 17.4 Å². The average molecular weight is 485 g/mol. The van der Waals surface area contributed by atoms with Crippen molar-refractivity contribution in [1.29, 1.82) is 0 Å². The zero-order valence-corrected chi connectivity index (χ0v) is 20.1. The second kappa shape index (κ2) is 9.71. The lowest BCUT2D eigenvalue weighted by Gasteiger charge is -2.35. The lowest BCUT2D eigenvalue weighted by molar-refractivity contribution is -0.189. The number of hydrogen-bond donors (Lipinski definition) is 3. The molecule has 0 amide bonds. The molecular weight excluding hydrogens is 452 g/mol. The van der Waals surface area contributed by atoms with Gasteiger partial charge in [-0.25, -0.2) is 0 Å². The zero-order chi connectivity index (χ0) is 23.9. The number of carbonyl (C=O) groups excluding carboxylic acids is 1. The van der Waals surface area contributed by atoms with Crippen LogP contribution in [-0.4, -0.2) is 46.0 Å². The number of carbonyl (C=O) groups is 1. The number of aliphatic hydroxyl groups excluding tert-OH is 3. The fourth-order valence-corrected chi connectivity index (χ4v) is 6.52. The van der Waals surface area contributed by atoms with Crippen LogP contribution in [-0.2, 0) is 16.0 Å². The molecule has 2 aliphatic carbocycles. The van der Waals surface area contributed by atoms with E-state index in [4.69, 9.17) is 16.3 Å². The first-order valence-corrected chi connectivity index (χ1v) is 12.8. The topological polar surface area (TPSA) is 87.0 Å². The highest BCUT2D eigenvalue weighted by atomic mass is 35.5. The number of ether oxygens (including phenoxy) is 1. The fraction of sp³-hybridized carbons (Fsp3) is 0.536. The maximum Gasteiger partial charge on any atom is 0.197 e. The molecule has 182 valence electrons. The Balaban J connectivity index is 1.30. The number of rotatable bonds is 5. The third kappa shape index (κ3) is 4.57. The summed E-state index contributed by atoms with van der Waals surface area (Å²) in [6.45, 7) is -0.489. The number of aliphatic hydroxyl groups is 3. The fourth-order valence-electron chi connectivity index (χ4n) is 6.33. The minimum atomic E-state index is -1.60. The maximum absolute atomic E-state index is 12.6. The Hall–Kier alpha value is -1.76. The molecule has 1 saturated heterocycles. The molecule has 0 aromatic heterocycles. The van der Waals surface area contributed by atoms with Gasteiger partial charge in [0.25, 0.3) is 0 Å². The van der Waals surface area contributed by atoms with Gasteiger partial charge in [-0.15, -0.1) is 0 Å². The SMILES string of the molecule is O=C1C(c2ccc(Cl)c(Cc3ccc(C4CCC5(CCCC5)C4)cc3)c2)OC(CO)C(O)C1O. The second-order valence-corrected chi connectivity index (χ2v) is 10.9. The Morgan fingerprint density at radius 1 is 1.00 bits per heavy atom. The van der Waals surface area contributed by atoms with Crippen LogP contribution in [0.25, 0.3) is 0 Å². The number of benzene rings is 2. The van der Waals surface area contributed by atoms with Gasteiger partial charge in [0, 0.05) is 5.02 Å². The van der Waals surface area contributed by atoms with Gasteiger partial charge >= 0.3 is 0 Å². The minimum absolute atomic E-state index is 0.489. The summed E-state index contributed by atoms with van der Waals surface area (Å²) in [5.41, 5.74) is 4.58. The Bertz CT molecular complexity index is 1030. The van der Waals surface area contributed by atoms with Crippen molar-refractivity contribution < 1.29 is 24.9 Å². The van der Waals surface area contributed by atoms with E-state index >= 15 is 0 Å². The summed E-state index contributed by atoms with van der Waals surface area (Å²) < 4.78 is 5.62. The van der Waals surface area contributed by atoms with Crippen molar-refractivity contribution in [3.63, 3.8) is 0 Å². The van der Waals surface area contributed by atoms with Gasteiger partial charge in [0.05, 0.1) is 6.61 Å². The van der Waals surface area contributed by atoms with Crippen molar-refractivity contribution in [3.05, 3.63) is 69.7 Å². The molecule has 0 radical (unpaired) electrons. The first kappa shape index (κ1) is 24.0. The summed E-state index contributed by atoms with van der Waals surface area (Å²) in [4.78, 5) is 12.6. The molecule has 3 aliphatic rings. The standard InChI is InChI=1S/C28H33ClO5/c29-22-8-7-19(27-26(33)25(32)24(31)23(16-30)34-27)14-21(22)13-17-3-5-18(6-4-17)20-9-12-28(15-20)10-1-2-11-28/h3-8,14,20,23-25,27,30-32H,1-2,9-13,15-16H2. The molecular formula is C28H33ClO5. The number of ketones is 1. The number of hydrogen-bond acceptors (Lipinski definition) is 5. The third-order valence-corrected chi connectivity index (χ3v) is 8.70. The molecule has 1 aliphatic heterocycles. The molecule has 1 heterocycles. The van der Waals surface area contributed by atoms with Crippen molar-refractivity contribution in [1.82, 2.24) is 0 Å². The van der Waals surface area contributed by atoms with Gasteiger partial charge in [-0.1, -0.05) is 60.8 Å². The van der Waals surface area contributed by atoms with Crippen LogP contribution in [0.5, 0.6) is 0 Å². The van der Waals surface area contributed by atoms with Gasteiger partial charge in [-0.3, -0.25) is 4.79 Å². The summed E-state index contributed by atoms with van der Waals surface area (Å²) in [6, 6.07) is 14.1. The van der Waals surface area contributed by atoms with Gasteiger partial charge in [0.2, 0.25) is 0 Å². The average Bonchev–Trinajstić information content (AvgIpc) is 3.49. The highest BCUT2D eigenvalue weighted by Gasteiger charge is 2.44. The Kier molecular flexibility index (Phi) is 6.84. The number of Topliss-reactive ketones (excluding diaryl/α,β-unsaturated/α-hetero) is 1. The van der Waals surface area contributed by atoms with E-state index in [9.17, 15) is 20.1 Å². The zero-order valence-electron chi connectivity index (χ0n) is 19.3. The molecule has 5 rings (SSSR count). The van der Waals surface area contributed by atoms with Gasteiger partial charge in [0.15, 0.2) is 5.78 Å². The third-order valence-electron chi connectivity index (χ3n) is 8.33. The van der Waals surface area contributed by atoms with E-state index in [1.807, 2.05) is 6.07 Å². The summed E-state index contributed by atoms with van der Waals surface area (Å²) in [5, 5.41) is 30.1. The highest BCUT2D eigenvalue weighted by molar-refractivity contribution is 6.31. The summed E-state index contributed by atoms with van der Waals surface area (Å²) >= 11 is 6.48. The van der Waals surface area contributed by atoms with Crippen LogP contribution in [0.15, 0.2) is 42.5 Å². The monoisotopic (exact) mass is 484 g/mol. The van der Waals surface area contributed by atoms with Crippen LogP contribution in [0.3, 0.4) is 0 Å². The van der Waals surface area contributed by atoms with E-state index in [1.54, 1.807) is 12.1 Å².